The molecule has 0 aromatic heterocycles. The molecule has 3 nitrogen and oxygen atoms in total. The van der Waals surface area contributed by atoms with Crippen molar-refractivity contribution in [2.45, 2.75) is 45.8 Å². The maximum absolute atomic E-state index is 11.5. The summed E-state index contributed by atoms with van der Waals surface area (Å²) in [6.07, 6.45) is 4.33. The van der Waals surface area contributed by atoms with Gasteiger partial charge in [-0.25, -0.2) is 0 Å². The van der Waals surface area contributed by atoms with E-state index in [0.29, 0.717) is 12.0 Å². The van der Waals surface area contributed by atoms with Gasteiger partial charge in [0.15, 0.2) is 5.78 Å². The van der Waals surface area contributed by atoms with Gasteiger partial charge in [0, 0.05) is 11.8 Å². The largest absolute Gasteiger partial charge is 0.389 e. The fraction of sp³-hybridized carbons (Fsp3) is 0.615. The Morgan fingerprint density at radius 1 is 1.50 bits per heavy atom. The first-order valence-corrected chi connectivity index (χ1v) is 5.50. The number of aliphatic hydroxyl groups is 2. The van der Waals surface area contributed by atoms with Crippen LogP contribution in [0.4, 0.5) is 0 Å². The van der Waals surface area contributed by atoms with E-state index >= 15 is 0 Å². The second-order valence-corrected chi connectivity index (χ2v) is 5.22. The lowest BCUT2D eigenvalue weighted by molar-refractivity contribution is -0.121. The molecule has 0 unspecified atom stereocenters. The Bertz CT molecular complexity index is 350. The zero-order valence-electron chi connectivity index (χ0n) is 10.3. The molecule has 2 atom stereocenters. The Morgan fingerprint density at radius 3 is 2.50 bits per heavy atom. The third kappa shape index (κ3) is 2.25. The van der Waals surface area contributed by atoms with Gasteiger partial charge in [0.2, 0.25) is 0 Å². The van der Waals surface area contributed by atoms with Crippen LogP contribution in [0.25, 0.3) is 0 Å². The maximum Gasteiger partial charge on any atom is 0.156 e. The van der Waals surface area contributed by atoms with Crippen molar-refractivity contribution in [2.24, 2.45) is 5.41 Å². The highest BCUT2D eigenvalue weighted by Gasteiger charge is 2.46. The average Bonchev–Trinajstić information content (AvgIpc) is 2.10. The summed E-state index contributed by atoms with van der Waals surface area (Å²) in [6, 6.07) is 0. The van der Waals surface area contributed by atoms with Crippen molar-refractivity contribution in [3.8, 4) is 0 Å². The van der Waals surface area contributed by atoms with Crippen molar-refractivity contribution in [1.29, 1.82) is 0 Å². The van der Waals surface area contributed by atoms with E-state index < -0.39 is 17.1 Å². The lowest BCUT2D eigenvalue weighted by atomic mass is 9.64. The second-order valence-electron chi connectivity index (χ2n) is 5.22. The molecule has 0 bridgehead atoms. The Kier molecular flexibility index (Phi) is 3.41. The van der Waals surface area contributed by atoms with Crippen LogP contribution in [-0.4, -0.2) is 27.7 Å². The highest BCUT2D eigenvalue weighted by Crippen LogP contribution is 2.44. The molecule has 3 heteroatoms. The Morgan fingerprint density at radius 2 is 2.06 bits per heavy atom. The number of allylic oxidation sites excluding steroid dienone is 1. The van der Waals surface area contributed by atoms with Crippen LogP contribution in [0, 0.1) is 5.41 Å². The standard InChI is InChI=1S/C13H20O3/c1-9-7-11(15)8-12(3,4)13(9,16)6-5-10(2)14/h5-7,10,14,16H,8H2,1-4H3/b6-5-/t10-,13-/m1/s1. The Hall–Kier alpha value is -0.930. The van der Waals surface area contributed by atoms with Gasteiger partial charge >= 0.3 is 0 Å². The van der Waals surface area contributed by atoms with Crippen LogP contribution in [0.15, 0.2) is 23.8 Å². The average molecular weight is 224 g/mol. The monoisotopic (exact) mass is 224 g/mol. The molecule has 16 heavy (non-hydrogen) atoms. The molecule has 1 rings (SSSR count). The summed E-state index contributed by atoms with van der Waals surface area (Å²) >= 11 is 0. The van der Waals surface area contributed by atoms with E-state index in [4.69, 9.17) is 0 Å². The van der Waals surface area contributed by atoms with Crippen LogP contribution in [0.5, 0.6) is 0 Å². The second kappa shape index (κ2) is 4.15. The van der Waals surface area contributed by atoms with Gasteiger partial charge in [-0.1, -0.05) is 19.9 Å². The van der Waals surface area contributed by atoms with E-state index in [0.717, 1.165) is 0 Å². The number of hydrogen-bond donors (Lipinski definition) is 2. The highest BCUT2D eigenvalue weighted by atomic mass is 16.3. The molecule has 0 radical (unpaired) electrons. The van der Waals surface area contributed by atoms with Crippen molar-refractivity contribution < 1.29 is 15.0 Å². The summed E-state index contributed by atoms with van der Waals surface area (Å²) in [5, 5.41) is 19.8. The van der Waals surface area contributed by atoms with Crippen LogP contribution in [0.2, 0.25) is 0 Å². The maximum atomic E-state index is 11.5. The van der Waals surface area contributed by atoms with E-state index in [1.54, 1.807) is 26.0 Å². The molecule has 0 heterocycles. The van der Waals surface area contributed by atoms with E-state index in [1.165, 1.54) is 6.08 Å². The molecular formula is C13H20O3. The van der Waals surface area contributed by atoms with Crippen LogP contribution in [-0.2, 0) is 4.79 Å². The fourth-order valence-electron chi connectivity index (χ4n) is 2.14. The van der Waals surface area contributed by atoms with Crippen molar-refractivity contribution >= 4 is 5.78 Å². The van der Waals surface area contributed by atoms with Crippen LogP contribution in [0.1, 0.15) is 34.1 Å². The van der Waals surface area contributed by atoms with Crippen molar-refractivity contribution in [3.05, 3.63) is 23.8 Å². The number of carbonyl (C=O) groups is 1. The van der Waals surface area contributed by atoms with Gasteiger partial charge in [-0.05, 0) is 31.6 Å². The minimum Gasteiger partial charge on any atom is -0.389 e. The molecular weight excluding hydrogens is 204 g/mol. The molecule has 0 amide bonds. The van der Waals surface area contributed by atoms with Gasteiger partial charge in [0.1, 0.15) is 5.60 Å². The van der Waals surface area contributed by atoms with Crippen LogP contribution >= 0.6 is 0 Å². The smallest absolute Gasteiger partial charge is 0.156 e. The predicted molar refractivity (Wildman–Crippen MR) is 62.9 cm³/mol. The summed E-state index contributed by atoms with van der Waals surface area (Å²) in [4.78, 5) is 11.5. The number of ketones is 1. The zero-order valence-corrected chi connectivity index (χ0v) is 10.3. The van der Waals surface area contributed by atoms with Crippen molar-refractivity contribution in [2.75, 3.05) is 0 Å². The van der Waals surface area contributed by atoms with Gasteiger partial charge in [-0.15, -0.1) is 0 Å². The molecule has 0 saturated heterocycles. The molecule has 0 aromatic rings. The molecule has 0 fully saturated rings. The summed E-state index contributed by atoms with van der Waals surface area (Å²) < 4.78 is 0. The Balaban J connectivity index is 3.16. The van der Waals surface area contributed by atoms with Gasteiger partial charge < -0.3 is 10.2 Å². The first-order valence-electron chi connectivity index (χ1n) is 5.50. The summed E-state index contributed by atoms with van der Waals surface area (Å²) in [5.74, 6) is 0.0395. The quantitative estimate of drug-likeness (QED) is 0.700. The predicted octanol–water partition coefficient (Wildman–Crippen LogP) is 1.60. The molecule has 1 aliphatic rings. The SMILES string of the molecule is CC1=CC(=O)CC(C)(C)[C@@]1(O)/C=C\[C@@H](C)O. The third-order valence-corrected chi connectivity index (χ3v) is 3.24. The minimum atomic E-state index is -1.15. The van der Waals surface area contributed by atoms with Crippen molar-refractivity contribution in [1.82, 2.24) is 0 Å². The number of carbonyl (C=O) groups excluding carboxylic acids is 1. The van der Waals surface area contributed by atoms with Gasteiger partial charge in [-0.3, -0.25) is 4.79 Å². The number of hydrogen-bond acceptors (Lipinski definition) is 3. The van der Waals surface area contributed by atoms with Crippen molar-refractivity contribution in [3.63, 3.8) is 0 Å². The molecule has 0 aliphatic heterocycles. The van der Waals surface area contributed by atoms with E-state index in [-0.39, 0.29) is 5.78 Å². The fourth-order valence-corrected chi connectivity index (χ4v) is 2.14. The minimum absolute atomic E-state index is 0.0395. The van der Waals surface area contributed by atoms with E-state index in [2.05, 4.69) is 0 Å². The number of aliphatic hydroxyl groups excluding tert-OH is 1. The zero-order chi connectivity index (χ0) is 12.6. The summed E-state index contributed by atoms with van der Waals surface area (Å²) in [6.45, 7) is 7.08. The molecule has 0 spiro atoms. The molecule has 2 N–H and O–H groups in total. The van der Waals surface area contributed by atoms with Gasteiger partial charge in [0.05, 0.1) is 6.10 Å². The lowest BCUT2D eigenvalue weighted by Gasteiger charge is -2.44. The van der Waals surface area contributed by atoms with E-state index in [1.807, 2.05) is 13.8 Å². The molecule has 90 valence electrons. The molecule has 0 aromatic carbocycles. The summed E-state index contributed by atoms with van der Waals surface area (Å²) in [7, 11) is 0. The first-order chi connectivity index (χ1) is 7.19. The third-order valence-electron chi connectivity index (χ3n) is 3.24. The lowest BCUT2D eigenvalue weighted by Crippen LogP contribution is -2.48. The van der Waals surface area contributed by atoms with Crippen LogP contribution < -0.4 is 0 Å². The van der Waals surface area contributed by atoms with Gasteiger partial charge in [-0.2, -0.15) is 0 Å². The molecule has 0 saturated carbocycles. The molecule has 1 aliphatic carbocycles. The highest BCUT2D eigenvalue weighted by molar-refractivity contribution is 5.92. The first kappa shape index (κ1) is 13.1. The van der Waals surface area contributed by atoms with Crippen LogP contribution in [0.3, 0.4) is 0 Å². The van der Waals surface area contributed by atoms with E-state index in [9.17, 15) is 15.0 Å². The summed E-state index contributed by atoms with van der Waals surface area (Å²) in [5.41, 5.74) is -1.07. The number of rotatable bonds is 2. The normalized spacial score (nSPS) is 31.6. The Labute approximate surface area is 96.5 Å². The van der Waals surface area contributed by atoms with Gasteiger partial charge in [0.25, 0.3) is 0 Å². The topological polar surface area (TPSA) is 57.5 Å².